The Bertz CT molecular complexity index is 459. The first kappa shape index (κ1) is 13.7. The van der Waals surface area contributed by atoms with Gasteiger partial charge in [0.1, 0.15) is 0 Å². The summed E-state index contributed by atoms with van der Waals surface area (Å²) in [6.45, 7) is 5.68. The number of carboxylic acid groups (broad SMARTS) is 1. The van der Waals surface area contributed by atoms with E-state index in [0.29, 0.717) is 18.8 Å². The van der Waals surface area contributed by atoms with Gasteiger partial charge in [0.25, 0.3) is 0 Å². The van der Waals surface area contributed by atoms with E-state index in [1.165, 1.54) is 6.07 Å². The molecule has 0 radical (unpaired) electrons. The molecule has 1 aromatic rings. The molecule has 0 aliphatic carbocycles. The molecule has 2 rings (SSSR count). The van der Waals surface area contributed by atoms with E-state index in [1.807, 2.05) is 0 Å². The topological polar surface area (TPSA) is 86.5 Å². The molecule has 1 aliphatic heterocycles. The molecule has 1 saturated heterocycles. The first-order valence-corrected chi connectivity index (χ1v) is 6.37. The molecule has 2 heterocycles. The second kappa shape index (κ2) is 5.13. The summed E-state index contributed by atoms with van der Waals surface area (Å²) in [6, 6.07) is 3.13. The molecular weight excluding hydrogens is 246 g/mol. The van der Waals surface area contributed by atoms with Gasteiger partial charge in [-0.2, -0.15) is 0 Å². The summed E-state index contributed by atoms with van der Waals surface area (Å²) in [4.78, 5) is 12.8. The predicted octanol–water partition coefficient (Wildman–Crippen LogP) is 1.16. The zero-order valence-electron chi connectivity index (χ0n) is 11.2. The van der Waals surface area contributed by atoms with Crippen LogP contribution in [0.3, 0.4) is 0 Å². The highest BCUT2D eigenvalue weighted by Crippen LogP contribution is 2.30. The number of nitrogens with zero attached hydrogens (tertiary/aromatic N) is 3. The maximum absolute atomic E-state index is 10.7. The Hall–Kier alpha value is -1.69. The van der Waals surface area contributed by atoms with Crippen LogP contribution in [0.5, 0.6) is 0 Å². The van der Waals surface area contributed by atoms with Crippen LogP contribution in [0.2, 0.25) is 0 Å². The van der Waals surface area contributed by atoms with E-state index < -0.39 is 5.97 Å². The Balaban J connectivity index is 2.18. The molecule has 6 heteroatoms. The van der Waals surface area contributed by atoms with E-state index >= 15 is 0 Å². The SMILES string of the molecule is CC1(C)CC(O)CCN(c2ccc(C(=O)O)nn2)C1. The molecule has 19 heavy (non-hydrogen) atoms. The van der Waals surface area contributed by atoms with Crippen molar-refractivity contribution in [3.05, 3.63) is 17.8 Å². The smallest absolute Gasteiger partial charge is 0.356 e. The van der Waals surface area contributed by atoms with Gasteiger partial charge in [0.05, 0.1) is 6.10 Å². The van der Waals surface area contributed by atoms with Crippen molar-refractivity contribution in [2.24, 2.45) is 5.41 Å². The third-order valence-corrected chi connectivity index (χ3v) is 3.33. The molecule has 1 atom stereocenters. The van der Waals surface area contributed by atoms with E-state index in [0.717, 1.165) is 13.0 Å². The summed E-state index contributed by atoms with van der Waals surface area (Å²) in [7, 11) is 0. The number of rotatable bonds is 2. The maximum atomic E-state index is 10.7. The lowest BCUT2D eigenvalue weighted by Gasteiger charge is -2.30. The van der Waals surface area contributed by atoms with Crippen LogP contribution in [-0.4, -0.2) is 45.6 Å². The van der Waals surface area contributed by atoms with Gasteiger partial charge >= 0.3 is 5.97 Å². The molecular formula is C13H19N3O3. The maximum Gasteiger partial charge on any atom is 0.356 e. The van der Waals surface area contributed by atoms with Gasteiger partial charge < -0.3 is 15.1 Å². The van der Waals surface area contributed by atoms with E-state index in [-0.39, 0.29) is 17.2 Å². The zero-order chi connectivity index (χ0) is 14.0. The average Bonchev–Trinajstić information content (AvgIpc) is 2.47. The minimum Gasteiger partial charge on any atom is -0.476 e. The van der Waals surface area contributed by atoms with Gasteiger partial charge in [-0.3, -0.25) is 0 Å². The molecule has 0 amide bonds. The van der Waals surface area contributed by atoms with E-state index in [1.54, 1.807) is 6.07 Å². The fraction of sp³-hybridized carbons (Fsp3) is 0.615. The van der Waals surface area contributed by atoms with Crippen LogP contribution < -0.4 is 4.90 Å². The number of hydrogen-bond acceptors (Lipinski definition) is 5. The van der Waals surface area contributed by atoms with E-state index in [2.05, 4.69) is 28.9 Å². The van der Waals surface area contributed by atoms with E-state index in [9.17, 15) is 9.90 Å². The molecule has 0 aromatic carbocycles. The van der Waals surface area contributed by atoms with Crippen LogP contribution in [0.15, 0.2) is 12.1 Å². The molecule has 1 fully saturated rings. The third-order valence-electron chi connectivity index (χ3n) is 3.33. The largest absolute Gasteiger partial charge is 0.476 e. The van der Waals surface area contributed by atoms with Crippen molar-refractivity contribution < 1.29 is 15.0 Å². The Morgan fingerprint density at radius 2 is 2.16 bits per heavy atom. The lowest BCUT2D eigenvalue weighted by Crippen LogP contribution is -2.33. The molecule has 2 N–H and O–H groups in total. The molecule has 0 saturated carbocycles. The van der Waals surface area contributed by atoms with Crippen molar-refractivity contribution >= 4 is 11.8 Å². The van der Waals surface area contributed by atoms with Gasteiger partial charge in [-0.15, -0.1) is 10.2 Å². The Morgan fingerprint density at radius 1 is 1.42 bits per heavy atom. The van der Waals surface area contributed by atoms with Gasteiger partial charge in [-0.1, -0.05) is 13.8 Å². The number of aliphatic hydroxyl groups is 1. The Kier molecular flexibility index (Phi) is 3.71. The lowest BCUT2D eigenvalue weighted by molar-refractivity contribution is 0.0689. The quantitative estimate of drug-likeness (QED) is 0.834. The molecule has 0 spiro atoms. The van der Waals surface area contributed by atoms with Crippen LogP contribution in [0.1, 0.15) is 37.2 Å². The van der Waals surface area contributed by atoms with Crippen LogP contribution >= 0.6 is 0 Å². The van der Waals surface area contributed by atoms with Crippen LogP contribution in [0.4, 0.5) is 5.82 Å². The van der Waals surface area contributed by atoms with Crippen LogP contribution in [0, 0.1) is 5.41 Å². The Labute approximate surface area is 112 Å². The third kappa shape index (κ3) is 3.41. The number of hydrogen-bond donors (Lipinski definition) is 2. The van der Waals surface area contributed by atoms with Gasteiger partial charge in [-0.05, 0) is 30.4 Å². The standard InChI is InChI=1S/C13H19N3O3/c1-13(2)7-9(17)5-6-16(8-13)11-4-3-10(12(18)19)14-15-11/h3-4,9,17H,5-8H2,1-2H3,(H,18,19). The predicted molar refractivity (Wildman–Crippen MR) is 70.2 cm³/mol. The average molecular weight is 265 g/mol. The number of aromatic nitrogens is 2. The fourth-order valence-corrected chi connectivity index (χ4v) is 2.51. The highest BCUT2D eigenvalue weighted by Gasteiger charge is 2.29. The number of anilines is 1. The number of carboxylic acids is 1. The van der Waals surface area contributed by atoms with Crippen LogP contribution in [-0.2, 0) is 0 Å². The second-order valence-electron chi connectivity index (χ2n) is 5.81. The highest BCUT2D eigenvalue weighted by molar-refractivity contribution is 5.85. The van der Waals surface area contributed by atoms with Crippen molar-refractivity contribution in [3.8, 4) is 0 Å². The lowest BCUT2D eigenvalue weighted by atomic mass is 9.87. The Morgan fingerprint density at radius 3 is 2.74 bits per heavy atom. The van der Waals surface area contributed by atoms with Crippen molar-refractivity contribution in [3.63, 3.8) is 0 Å². The first-order chi connectivity index (χ1) is 8.87. The van der Waals surface area contributed by atoms with E-state index in [4.69, 9.17) is 5.11 Å². The summed E-state index contributed by atoms with van der Waals surface area (Å²) in [5.41, 5.74) is -0.0684. The highest BCUT2D eigenvalue weighted by atomic mass is 16.4. The van der Waals surface area contributed by atoms with Crippen molar-refractivity contribution in [2.45, 2.75) is 32.8 Å². The van der Waals surface area contributed by atoms with Crippen LogP contribution in [0.25, 0.3) is 0 Å². The minimum absolute atomic E-state index is 0.0108. The number of aliphatic hydroxyl groups excluding tert-OH is 1. The monoisotopic (exact) mass is 265 g/mol. The van der Waals surface area contributed by atoms with Gasteiger partial charge in [0.15, 0.2) is 11.5 Å². The molecule has 1 unspecified atom stereocenters. The van der Waals surface area contributed by atoms with Crippen molar-refractivity contribution in [1.29, 1.82) is 0 Å². The number of carbonyl (C=O) groups is 1. The summed E-state index contributed by atoms with van der Waals surface area (Å²) < 4.78 is 0. The molecule has 1 aromatic heterocycles. The molecule has 1 aliphatic rings. The molecule has 0 bridgehead atoms. The molecule has 104 valence electrons. The molecule has 6 nitrogen and oxygen atoms in total. The number of aromatic carboxylic acids is 1. The first-order valence-electron chi connectivity index (χ1n) is 6.37. The van der Waals surface area contributed by atoms with Gasteiger partial charge in [0.2, 0.25) is 0 Å². The van der Waals surface area contributed by atoms with Gasteiger partial charge in [-0.25, -0.2) is 4.79 Å². The second-order valence-corrected chi connectivity index (χ2v) is 5.81. The zero-order valence-corrected chi connectivity index (χ0v) is 11.2. The summed E-state index contributed by atoms with van der Waals surface area (Å²) in [5.74, 6) is -0.419. The van der Waals surface area contributed by atoms with Crippen molar-refractivity contribution in [1.82, 2.24) is 10.2 Å². The summed E-state index contributed by atoms with van der Waals surface area (Å²) in [6.07, 6.45) is 1.14. The van der Waals surface area contributed by atoms with Crippen molar-refractivity contribution in [2.75, 3.05) is 18.0 Å². The summed E-state index contributed by atoms with van der Waals surface area (Å²) in [5, 5.41) is 26.3. The minimum atomic E-state index is -1.08. The normalized spacial score (nSPS) is 22.9. The summed E-state index contributed by atoms with van der Waals surface area (Å²) >= 11 is 0. The fourth-order valence-electron chi connectivity index (χ4n) is 2.51. The van der Waals surface area contributed by atoms with Gasteiger partial charge in [0, 0.05) is 13.1 Å².